The van der Waals surface area contributed by atoms with Crippen LogP contribution in [0.5, 0.6) is 0 Å². The lowest BCUT2D eigenvalue weighted by atomic mass is 9.95. The number of rotatable bonds is 3. The molecule has 1 amide bonds. The molecule has 0 aliphatic carbocycles. The second kappa shape index (κ2) is 6.77. The Balaban J connectivity index is 1.98. The van der Waals surface area contributed by atoms with Gasteiger partial charge in [0.05, 0.1) is 11.6 Å². The van der Waals surface area contributed by atoms with Crippen molar-refractivity contribution in [2.24, 2.45) is 0 Å². The van der Waals surface area contributed by atoms with E-state index in [1.807, 2.05) is 0 Å². The fourth-order valence-electron chi connectivity index (χ4n) is 3.28. The summed E-state index contributed by atoms with van der Waals surface area (Å²) in [6, 6.07) is 14.4. The number of benzene rings is 2. The van der Waals surface area contributed by atoms with Crippen molar-refractivity contribution in [3.63, 3.8) is 0 Å². The molecular weight excluding hydrogens is 363 g/mol. The first kappa shape index (κ1) is 17.7. The Hall–Kier alpha value is -3.74. The van der Waals surface area contributed by atoms with Crippen LogP contribution in [0.15, 0.2) is 70.8 Å². The lowest BCUT2D eigenvalue weighted by molar-refractivity contribution is -0.132. The number of halogens is 1. The number of Topliss-reactive ketones (excluding diaryl/α,β-unsaturated/α-hetero) is 1. The lowest BCUT2D eigenvalue weighted by Crippen LogP contribution is -2.30. The van der Waals surface area contributed by atoms with E-state index in [2.05, 4.69) is 5.16 Å². The lowest BCUT2D eigenvalue weighted by Gasteiger charge is -2.23. The molecule has 1 aliphatic rings. The number of hydrogen-bond donors (Lipinski definition) is 1. The highest BCUT2D eigenvalue weighted by Gasteiger charge is 2.48. The molecule has 0 unspecified atom stereocenters. The molecule has 0 spiro atoms. The van der Waals surface area contributed by atoms with Crippen LogP contribution < -0.4 is 4.90 Å². The van der Waals surface area contributed by atoms with Gasteiger partial charge in [0.25, 0.3) is 5.78 Å². The predicted molar refractivity (Wildman–Crippen MR) is 98.9 cm³/mol. The van der Waals surface area contributed by atoms with E-state index in [9.17, 15) is 19.1 Å². The summed E-state index contributed by atoms with van der Waals surface area (Å²) in [5.74, 6) is -2.34. The molecule has 4 rings (SSSR count). The van der Waals surface area contributed by atoms with E-state index < -0.39 is 23.5 Å². The number of aliphatic hydroxyl groups excluding tert-OH is 1. The van der Waals surface area contributed by atoms with E-state index in [-0.39, 0.29) is 22.7 Å². The molecule has 2 heterocycles. The van der Waals surface area contributed by atoms with Crippen molar-refractivity contribution >= 4 is 23.3 Å². The maximum atomic E-state index is 14.6. The Kier molecular flexibility index (Phi) is 4.27. The summed E-state index contributed by atoms with van der Waals surface area (Å²) in [5, 5.41) is 14.6. The van der Waals surface area contributed by atoms with Crippen LogP contribution in [0.3, 0.4) is 0 Å². The SMILES string of the molecule is Cc1cc(N2C(=O)C(=O)C(=C(O)c3ccccc3)[C@H]2c2ccccc2F)no1. The molecule has 1 aromatic heterocycles. The number of amides is 1. The number of aryl methyl sites for hydroxylation is 1. The van der Waals surface area contributed by atoms with Crippen molar-refractivity contribution in [1.29, 1.82) is 0 Å². The van der Waals surface area contributed by atoms with Gasteiger partial charge >= 0.3 is 5.91 Å². The van der Waals surface area contributed by atoms with E-state index in [4.69, 9.17) is 4.52 Å². The molecule has 28 heavy (non-hydrogen) atoms. The topological polar surface area (TPSA) is 83.6 Å². The zero-order valence-electron chi connectivity index (χ0n) is 14.8. The Labute approximate surface area is 159 Å². The first-order valence-corrected chi connectivity index (χ1v) is 8.53. The van der Waals surface area contributed by atoms with Gasteiger partial charge in [-0.3, -0.25) is 14.5 Å². The Bertz CT molecular complexity index is 1100. The molecule has 1 aliphatic heterocycles. The second-order valence-electron chi connectivity index (χ2n) is 6.35. The van der Waals surface area contributed by atoms with Crippen LogP contribution in [-0.4, -0.2) is 22.0 Å². The highest BCUT2D eigenvalue weighted by atomic mass is 19.1. The van der Waals surface area contributed by atoms with E-state index in [1.54, 1.807) is 43.3 Å². The maximum Gasteiger partial charge on any atom is 0.301 e. The van der Waals surface area contributed by atoms with Gasteiger partial charge in [0.1, 0.15) is 17.3 Å². The van der Waals surface area contributed by atoms with Crippen LogP contribution in [0, 0.1) is 12.7 Å². The summed E-state index contributed by atoms with van der Waals surface area (Å²) in [4.78, 5) is 26.6. The van der Waals surface area contributed by atoms with Gasteiger partial charge in [-0.1, -0.05) is 53.7 Å². The number of aromatic nitrogens is 1. The summed E-state index contributed by atoms with van der Waals surface area (Å²) >= 11 is 0. The molecular formula is C21H15FN2O4. The first-order chi connectivity index (χ1) is 13.5. The summed E-state index contributed by atoms with van der Waals surface area (Å²) in [5.41, 5.74) is 0.208. The molecule has 1 atom stereocenters. The number of anilines is 1. The molecule has 1 N–H and O–H groups in total. The van der Waals surface area contributed by atoms with Gasteiger partial charge in [0, 0.05) is 17.2 Å². The quantitative estimate of drug-likeness (QED) is 0.426. The molecule has 0 radical (unpaired) electrons. The van der Waals surface area contributed by atoms with Crippen LogP contribution in [-0.2, 0) is 9.59 Å². The average molecular weight is 378 g/mol. The molecule has 0 bridgehead atoms. The first-order valence-electron chi connectivity index (χ1n) is 8.53. The van der Waals surface area contributed by atoms with Gasteiger partial charge in [-0.15, -0.1) is 0 Å². The highest BCUT2D eigenvalue weighted by Crippen LogP contribution is 2.42. The molecule has 7 heteroatoms. The fourth-order valence-corrected chi connectivity index (χ4v) is 3.28. The summed E-state index contributed by atoms with van der Waals surface area (Å²) in [7, 11) is 0. The summed E-state index contributed by atoms with van der Waals surface area (Å²) < 4.78 is 19.7. The van der Waals surface area contributed by atoms with Crippen molar-refractivity contribution in [3.05, 3.63) is 88.9 Å². The third kappa shape index (κ3) is 2.77. The van der Waals surface area contributed by atoms with Crippen molar-refractivity contribution in [2.45, 2.75) is 13.0 Å². The minimum absolute atomic E-state index is 0.0693. The number of ketones is 1. The van der Waals surface area contributed by atoms with Gasteiger partial charge in [0.15, 0.2) is 5.82 Å². The van der Waals surface area contributed by atoms with Crippen molar-refractivity contribution in [3.8, 4) is 0 Å². The molecule has 1 fully saturated rings. The Morgan fingerprint density at radius 1 is 1.11 bits per heavy atom. The number of nitrogens with zero attached hydrogens (tertiary/aromatic N) is 2. The minimum atomic E-state index is -1.18. The van der Waals surface area contributed by atoms with Gasteiger partial charge in [0.2, 0.25) is 0 Å². The molecule has 1 saturated heterocycles. The van der Waals surface area contributed by atoms with Crippen molar-refractivity contribution in [2.75, 3.05) is 4.90 Å². The van der Waals surface area contributed by atoms with E-state index >= 15 is 0 Å². The number of aliphatic hydroxyl groups is 1. The average Bonchev–Trinajstić information content (AvgIpc) is 3.23. The molecule has 6 nitrogen and oxygen atoms in total. The van der Waals surface area contributed by atoms with Crippen molar-refractivity contribution in [1.82, 2.24) is 5.16 Å². The molecule has 3 aromatic rings. The maximum absolute atomic E-state index is 14.6. The normalized spacial score (nSPS) is 18.6. The van der Waals surface area contributed by atoms with Gasteiger partial charge < -0.3 is 9.63 Å². The number of carbonyl (C=O) groups excluding carboxylic acids is 2. The second-order valence-corrected chi connectivity index (χ2v) is 6.35. The van der Waals surface area contributed by atoms with Gasteiger partial charge in [-0.25, -0.2) is 4.39 Å². The van der Waals surface area contributed by atoms with E-state index in [0.29, 0.717) is 11.3 Å². The zero-order chi connectivity index (χ0) is 19.8. The largest absolute Gasteiger partial charge is 0.507 e. The standard InChI is InChI=1S/C21H15FN2O4/c1-12-11-16(23-28-12)24-18(14-9-5-6-10-15(14)22)17(20(26)21(24)27)19(25)13-7-3-2-4-8-13/h2-11,18,25H,1H3/t18-/m1/s1. The van der Waals surface area contributed by atoms with Crippen LogP contribution in [0.2, 0.25) is 0 Å². The number of hydrogen-bond acceptors (Lipinski definition) is 5. The zero-order valence-corrected chi connectivity index (χ0v) is 14.8. The van der Waals surface area contributed by atoms with Crippen LogP contribution in [0.4, 0.5) is 10.2 Å². The van der Waals surface area contributed by atoms with E-state index in [0.717, 1.165) is 4.90 Å². The smallest absolute Gasteiger partial charge is 0.301 e. The molecule has 2 aromatic carbocycles. The monoisotopic (exact) mass is 378 g/mol. The Morgan fingerprint density at radius 2 is 1.79 bits per heavy atom. The molecule has 0 saturated carbocycles. The van der Waals surface area contributed by atoms with Crippen molar-refractivity contribution < 1.29 is 23.6 Å². The third-order valence-electron chi connectivity index (χ3n) is 4.55. The molecule has 140 valence electrons. The number of carbonyl (C=O) groups is 2. The van der Waals surface area contributed by atoms with Crippen LogP contribution in [0.25, 0.3) is 5.76 Å². The van der Waals surface area contributed by atoms with Crippen LogP contribution in [0.1, 0.15) is 22.9 Å². The highest BCUT2D eigenvalue weighted by molar-refractivity contribution is 6.51. The fraction of sp³-hybridized carbons (Fsp3) is 0.0952. The third-order valence-corrected chi connectivity index (χ3v) is 4.55. The Morgan fingerprint density at radius 3 is 2.43 bits per heavy atom. The summed E-state index contributed by atoms with van der Waals surface area (Å²) in [6.45, 7) is 1.63. The predicted octanol–water partition coefficient (Wildman–Crippen LogP) is 3.75. The van der Waals surface area contributed by atoms with Gasteiger partial charge in [-0.2, -0.15) is 0 Å². The summed E-state index contributed by atoms with van der Waals surface area (Å²) in [6.07, 6.45) is 0. The van der Waals surface area contributed by atoms with Crippen LogP contribution >= 0.6 is 0 Å². The minimum Gasteiger partial charge on any atom is -0.507 e. The van der Waals surface area contributed by atoms with E-state index in [1.165, 1.54) is 24.3 Å². The van der Waals surface area contributed by atoms with Gasteiger partial charge in [-0.05, 0) is 13.0 Å².